The van der Waals surface area contributed by atoms with Crippen molar-refractivity contribution in [3.8, 4) is 0 Å². The van der Waals surface area contributed by atoms with Crippen molar-refractivity contribution in [1.82, 2.24) is 9.88 Å². The third-order valence-corrected chi connectivity index (χ3v) is 4.56. The molecule has 1 aliphatic rings. The number of piperazine rings is 1. The summed E-state index contributed by atoms with van der Waals surface area (Å²) in [5, 5.41) is 3.17. The van der Waals surface area contributed by atoms with Gasteiger partial charge < -0.3 is 15.1 Å². The van der Waals surface area contributed by atoms with Crippen molar-refractivity contribution < 1.29 is 4.42 Å². The molecule has 0 spiro atoms. The van der Waals surface area contributed by atoms with E-state index in [0.29, 0.717) is 6.54 Å². The van der Waals surface area contributed by atoms with E-state index in [4.69, 9.17) is 10.2 Å². The Morgan fingerprint density at radius 1 is 1.35 bits per heavy atom. The molecule has 0 aliphatic carbocycles. The molecule has 2 aromatic heterocycles. The van der Waals surface area contributed by atoms with Gasteiger partial charge in [0.05, 0.1) is 6.54 Å². The zero-order valence-corrected chi connectivity index (χ0v) is 12.5. The lowest BCUT2D eigenvalue weighted by Gasteiger charge is -2.34. The number of hydrogen-bond donors (Lipinski definition) is 1. The number of anilines is 1. The fraction of sp³-hybridized carbons (Fsp3) is 0.500. The molecule has 0 bridgehead atoms. The molecule has 1 fully saturated rings. The van der Waals surface area contributed by atoms with E-state index in [1.165, 1.54) is 5.56 Å². The van der Waals surface area contributed by atoms with Crippen LogP contribution in [-0.4, -0.2) is 36.1 Å². The average molecular weight is 292 g/mol. The fourth-order valence-electron chi connectivity index (χ4n) is 2.56. The maximum absolute atomic E-state index is 5.62. The monoisotopic (exact) mass is 292 g/mol. The first-order valence-corrected chi connectivity index (χ1v) is 7.79. The van der Waals surface area contributed by atoms with Crippen LogP contribution < -0.4 is 10.6 Å². The Balaban J connectivity index is 1.57. The number of furan rings is 1. The van der Waals surface area contributed by atoms with E-state index >= 15 is 0 Å². The number of hydrogen-bond acceptors (Lipinski definition) is 6. The SMILES string of the molecule is Cc1oc(CN)cc1CN1CCN(c2nccs2)CC1. The Kier molecular flexibility index (Phi) is 4.05. The van der Waals surface area contributed by atoms with Crippen molar-refractivity contribution >= 4 is 16.5 Å². The van der Waals surface area contributed by atoms with Gasteiger partial charge in [0.15, 0.2) is 5.13 Å². The Labute approximate surface area is 123 Å². The molecule has 6 heteroatoms. The number of nitrogens with two attached hydrogens (primary N) is 1. The van der Waals surface area contributed by atoms with Crippen LogP contribution >= 0.6 is 11.3 Å². The lowest BCUT2D eigenvalue weighted by atomic mass is 10.2. The van der Waals surface area contributed by atoms with Gasteiger partial charge in [0.2, 0.25) is 0 Å². The van der Waals surface area contributed by atoms with Crippen LogP contribution in [-0.2, 0) is 13.1 Å². The summed E-state index contributed by atoms with van der Waals surface area (Å²) < 4.78 is 5.61. The number of aryl methyl sites for hydroxylation is 1. The molecule has 0 saturated carbocycles. The summed E-state index contributed by atoms with van der Waals surface area (Å²) in [6.07, 6.45) is 1.87. The van der Waals surface area contributed by atoms with E-state index in [0.717, 1.165) is 49.4 Å². The summed E-state index contributed by atoms with van der Waals surface area (Å²) in [5.74, 6) is 1.87. The Hall–Kier alpha value is -1.37. The first-order valence-electron chi connectivity index (χ1n) is 6.91. The van der Waals surface area contributed by atoms with Crippen molar-refractivity contribution in [1.29, 1.82) is 0 Å². The lowest BCUT2D eigenvalue weighted by Crippen LogP contribution is -2.45. The largest absolute Gasteiger partial charge is 0.465 e. The van der Waals surface area contributed by atoms with E-state index < -0.39 is 0 Å². The van der Waals surface area contributed by atoms with Gasteiger partial charge in [-0.05, 0) is 13.0 Å². The Bertz CT molecular complexity index is 544. The average Bonchev–Trinajstić information content (AvgIpc) is 3.10. The van der Waals surface area contributed by atoms with Crippen LogP contribution in [0, 0.1) is 6.92 Å². The van der Waals surface area contributed by atoms with Gasteiger partial charge in [0.25, 0.3) is 0 Å². The minimum Gasteiger partial charge on any atom is -0.465 e. The number of rotatable bonds is 4. The minimum absolute atomic E-state index is 0.471. The zero-order chi connectivity index (χ0) is 13.9. The van der Waals surface area contributed by atoms with Gasteiger partial charge in [-0.25, -0.2) is 4.98 Å². The first kappa shape index (κ1) is 13.6. The molecule has 5 nitrogen and oxygen atoms in total. The molecule has 3 heterocycles. The Morgan fingerprint density at radius 3 is 2.75 bits per heavy atom. The summed E-state index contributed by atoms with van der Waals surface area (Å²) in [5.41, 5.74) is 6.88. The van der Waals surface area contributed by atoms with Crippen LogP contribution in [0.15, 0.2) is 22.1 Å². The summed E-state index contributed by atoms with van der Waals surface area (Å²) in [4.78, 5) is 9.19. The molecule has 0 unspecified atom stereocenters. The van der Waals surface area contributed by atoms with Gasteiger partial charge in [0, 0.05) is 49.9 Å². The van der Waals surface area contributed by atoms with Crippen molar-refractivity contribution in [2.75, 3.05) is 31.1 Å². The number of nitrogens with zero attached hydrogens (tertiary/aromatic N) is 3. The molecule has 20 heavy (non-hydrogen) atoms. The minimum atomic E-state index is 0.471. The van der Waals surface area contributed by atoms with E-state index in [9.17, 15) is 0 Å². The third kappa shape index (κ3) is 2.87. The van der Waals surface area contributed by atoms with Crippen molar-refractivity contribution in [2.45, 2.75) is 20.0 Å². The fourth-order valence-corrected chi connectivity index (χ4v) is 3.25. The van der Waals surface area contributed by atoms with Crippen LogP contribution in [0.1, 0.15) is 17.1 Å². The maximum Gasteiger partial charge on any atom is 0.185 e. The predicted molar refractivity (Wildman–Crippen MR) is 80.9 cm³/mol. The van der Waals surface area contributed by atoms with E-state index in [1.807, 2.05) is 18.5 Å². The van der Waals surface area contributed by atoms with Crippen molar-refractivity contribution in [3.05, 3.63) is 34.7 Å². The van der Waals surface area contributed by atoms with Crippen LogP contribution in [0.4, 0.5) is 5.13 Å². The molecular formula is C14H20N4OS. The van der Waals surface area contributed by atoms with Crippen LogP contribution in [0.2, 0.25) is 0 Å². The standard InChI is InChI=1S/C14H20N4OS/c1-11-12(8-13(9-15)19-11)10-17-3-5-18(6-4-17)14-16-2-7-20-14/h2,7-8H,3-6,9-10,15H2,1H3. The quantitative estimate of drug-likeness (QED) is 0.931. The predicted octanol–water partition coefficient (Wildman–Crippen LogP) is 1.83. The second kappa shape index (κ2) is 5.95. The highest BCUT2D eigenvalue weighted by Gasteiger charge is 2.20. The molecule has 1 aliphatic heterocycles. The normalized spacial score (nSPS) is 16.8. The zero-order valence-electron chi connectivity index (χ0n) is 11.7. The van der Waals surface area contributed by atoms with Crippen molar-refractivity contribution in [3.63, 3.8) is 0 Å². The molecule has 0 radical (unpaired) electrons. The summed E-state index contributed by atoms with van der Waals surface area (Å²) >= 11 is 1.71. The topological polar surface area (TPSA) is 58.5 Å². The smallest absolute Gasteiger partial charge is 0.185 e. The number of aromatic nitrogens is 1. The lowest BCUT2D eigenvalue weighted by molar-refractivity contribution is 0.248. The molecule has 0 aromatic carbocycles. The van der Waals surface area contributed by atoms with E-state index in [1.54, 1.807) is 11.3 Å². The van der Waals surface area contributed by atoms with Gasteiger partial charge in [-0.15, -0.1) is 11.3 Å². The Morgan fingerprint density at radius 2 is 2.15 bits per heavy atom. The molecule has 108 valence electrons. The van der Waals surface area contributed by atoms with E-state index in [2.05, 4.69) is 20.9 Å². The second-order valence-electron chi connectivity index (χ2n) is 5.08. The van der Waals surface area contributed by atoms with Gasteiger partial charge in [0.1, 0.15) is 11.5 Å². The van der Waals surface area contributed by atoms with Gasteiger partial charge in [-0.1, -0.05) is 0 Å². The molecule has 2 aromatic rings. The molecule has 0 amide bonds. The highest BCUT2D eigenvalue weighted by Crippen LogP contribution is 2.21. The summed E-state index contributed by atoms with van der Waals surface area (Å²) in [6.45, 7) is 7.62. The molecule has 1 saturated heterocycles. The molecule has 3 rings (SSSR count). The van der Waals surface area contributed by atoms with Gasteiger partial charge in [-0.2, -0.15) is 0 Å². The molecular weight excluding hydrogens is 272 g/mol. The number of thiazole rings is 1. The summed E-state index contributed by atoms with van der Waals surface area (Å²) in [6, 6.07) is 2.09. The highest BCUT2D eigenvalue weighted by molar-refractivity contribution is 7.13. The van der Waals surface area contributed by atoms with Crippen molar-refractivity contribution in [2.24, 2.45) is 5.73 Å². The second-order valence-corrected chi connectivity index (χ2v) is 5.95. The molecule has 0 atom stereocenters. The summed E-state index contributed by atoms with van der Waals surface area (Å²) in [7, 11) is 0. The van der Waals surface area contributed by atoms with Crippen LogP contribution in [0.25, 0.3) is 0 Å². The van der Waals surface area contributed by atoms with E-state index in [-0.39, 0.29) is 0 Å². The van der Waals surface area contributed by atoms with Crippen LogP contribution in [0.3, 0.4) is 0 Å². The van der Waals surface area contributed by atoms with Gasteiger partial charge in [-0.3, -0.25) is 4.90 Å². The highest BCUT2D eigenvalue weighted by atomic mass is 32.1. The maximum atomic E-state index is 5.62. The first-order chi connectivity index (χ1) is 9.76. The van der Waals surface area contributed by atoms with Crippen LogP contribution in [0.5, 0.6) is 0 Å². The van der Waals surface area contributed by atoms with Gasteiger partial charge >= 0.3 is 0 Å². The third-order valence-electron chi connectivity index (χ3n) is 3.73. The molecule has 2 N–H and O–H groups in total.